The molecule has 0 unspecified atom stereocenters. The predicted molar refractivity (Wildman–Crippen MR) is 112 cm³/mol. The van der Waals surface area contributed by atoms with Crippen LogP contribution in [0.15, 0.2) is 42.5 Å². The number of nitrogens with zero attached hydrogens (tertiary/aromatic N) is 4. The Morgan fingerprint density at radius 2 is 1.61 bits per heavy atom. The van der Waals surface area contributed by atoms with Crippen LogP contribution >= 0.6 is 0 Å². The van der Waals surface area contributed by atoms with Gasteiger partial charge in [-0.2, -0.15) is 10.2 Å². The Kier molecular flexibility index (Phi) is 4.91. The lowest BCUT2D eigenvalue weighted by Crippen LogP contribution is -2.27. The Hall–Kier alpha value is -2.89. The highest BCUT2D eigenvalue weighted by atomic mass is 16.2. The summed E-state index contributed by atoms with van der Waals surface area (Å²) in [4.78, 5) is 12.9. The standard InChI is InChI=1S/C22H29N5O/c1-15-13-17(24-26(15)16-11-9-8-10-12-16)20(28)23-19-14-18(21(2,3)4)25-27(19)22(5,6)7/h8-14H,1-7H3,(H,23,28). The zero-order chi connectivity index (χ0) is 20.7. The summed E-state index contributed by atoms with van der Waals surface area (Å²) in [5.41, 5.74) is 2.77. The van der Waals surface area contributed by atoms with Crippen LogP contribution in [0.3, 0.4) is 0 Å². The lowest BCUT2D eigenvalue weighted by molar-refractivity contribution is 0.102. The van der Waals surface area contributed by atoms with Crippen LogP contribution in [-0.4, -0.2) is 25.5 Å². The molecule has 0 aliphatic heterocycles. The molecule has 0 saturated carbocycles. The molecule has 0 aliphatic rings. The lowest BCUT2D eigenvalue weighted by Gasteiger charge is -2.22. The molecule has 0 fully saturated rings. The second-order valence-corrected chi connectivity index (χ2v) is 9.12. The Morgan fingerprint density at radius 3 is 2.18 bits per heavy atom. The molecule has 3 aromatic rings. The van der Waals surface area contributed by atoms with Crippen molar-refractivity contribution in [1.29, 1.82) is 0 Å². The van der Waals surface area contributed by atoms with Crippen molar-refractivity contribution in [3.05, 3.63) is 59.5 Å². The maximum Gasteiger partial charge on any atom is 0.277 e. The number of aryl methyl sites for hydroxylation is 1. The summed E-state index contributed by atoms with van der Waals surface area (Å²) in [7, 11) is 0. The molecule has 0 spiro atoms. The summed E-state index contributed by atoms with van der Waals surface area (Å²) in [6.07, 6.45) is 0. The van der Waals surface area contributed by atoms with Gasteiger partial charge in [0.2, 0.25) is 0 Å². The molecule has 0 saturated heterocycles. The van der Waals surface area contributed by atoms with E-state index in [9.17, 15) is 4.79 Å². The minimum Gasteiger partial charge on any atom is -0.305 e. The number of amides is 1. The van der Waals surface area contributed by atoms with Crippen molar-refractivity contribution in [2.24, 2.45) is 0 Å². The average Bonchev–Trinajstić information content (AvgIpc) is 3.19. The largest absolute Gasteiger partial charge is 0.305 e. The second-order valence-electron chi connectivity index (χ2n) is 9.12. The van der Waals surface area contributed by atoms with E-state index >= 15 is 0 Å². The fourth-order valence-electron chi connectivity index (χ4n) is 2.94. The number of hydrogen-bond donors (Lipinski definition) is 1. The van der Waals surface area contributed by atoms with Crippen LogP contribution in [0.1, 0.15) is 63.4 Å². The minimum absolute atomic E-state index is 0.110. The topological polar surface area (TPSA) is 64.7 Å². The summed E-state index contributed by atoms with van der Waals surface area (Å²) < 4.78 is 3.64. The first-order chi connectivity index (χ1) is 13.0. The van der Waals surface area contributed by atoms with Crippen molar-refractivity contribution in [3.63, 3.8) is 0 Å². The Morgan fingerprint density at radius 1 is 0.964 bits per heavy atom. The van der Waals surface area contributed by atoms with Crippen LogP contribution in [0.2, 0.25) is 0 Å². The van der Waals surface area contributed by atoms with Crippen molar-refractivity contribution in [2.75, 3.05) is 5.32 Å². The molecule has 1 N–H and O–H groups in total. The first kappa shape index (κ1) is 19.9. The van der Waals surface area contributed by atoms with Gasteiger partial charge in [-0.15, -0.1) is 0 Å². The van der Waals surface area contributed by atoms with E-state index in [4.69, 9.17) is 5.10 Å². The van der Waals surface area contributed by atoms with E-state index in [1.165, 1.54) is 0 Å². The monoisotopic (exact) mass is 379 g/mol. The summed E-state index contributed by atoms with van der Waals surface area (Å²) >= 11 is 0. The highest BCUT2D eigenvalue weighted by Gasteiger charge is 2.26. The van der Waals surface area contributed by atoms with Crippen LogP contribution in [-0.2, 0) is 11.0 Å². The van der Waals surface area contributed by atoms with Crippen LogP contribution in [0.5, 0.6) is 0 Å². The summed E-state index contributed by atoms with van der Waals surface area (Å²) in [6, 6.07) is 13.5. The number of para-hydroxylation sites is 1. The van der Waals surface area contributed by atoms with Crippen molar-refractivity contribution in [2.45, 2.75) is 59.4 Å². The first-order valence-corrected chi connectivity index (χ1v) is 9.51. The van der Waals surface area contributed by atoms with Crippen LogP contribution in [0.25, 0.3) is 5.69 Å². The third kappa shape index (κ3) is 4.01. The van der Waals surface area contributed by atoms with Gasteiger partial charge in [-0.25, -0.2) is 9.36 Å². The summed E-state index contributed by atoms with van der Waals surface area (Å²) in [5.74, 6) is 0.429. The Labute approximate surface area is 166 Å². The normalized spacial score (nSPS) is 12.2. The van der Waals surface area contributed by atoms with Gasteiger partial charge in [0.1, 0.15) is 5.82 Å². The van der Waals surface area contributed by atoms with Crippen molar-refractivity contribution in [3.8, 4) is 5.69 Å². The smallest absolute Gasteiger partial charge is 0.277 e. The molecule has 3 rings (SSSR count). The van der Waals surface area contributed by atoms with E-state index in [-0.39, 0.29) is 16.9 Å². The highest BCUT2D eigenvalue weighted by molar-refractivity contribution is 6.02. The number of nitrogens with one attached hydrogen (secondary N) is 1. The van der Waals surface area contributed by atoms with Gasteiger partial charge in [0, 0.05) is 17.2 Å². The fraction of sp³-hybridized carbons (Fsp3) is 0.409. The molecule has 0 aliphatic carbocycles. The van der Waals surface area contributed by atoms with Crippen LogP contribution < -0.4 is 5.32 Å². The molecule has 0 atom stereocenters. The molecule has 6 nitrogen and oxygen atoms in total. The predicted octanol–water partition coefficient (Wildman–Crippen LogP) is 4.68. The molecule has 1 amide bonds. The van der Waals surface area contributed by atoms with Gasteiger partial charge in [0.15, 0.2) is 5.69 Å². The maximum absolute atomic E-state index is 12.9. The van der Waals surface area contributed by atoms with Crippen LogP contribution in [0, 0.1) is 6.92 Å². The number of rotatable bonds is 3. The molecule has 2 aromatic heterocycles. The summed E-state index contributed by atoms with van der Waals surface area (Å²) in [6.45, 7) is 14.5. The van der Waals surface area contributed by atoms with Gasteiger partial charge < -0.3 is 5.32 Å². The van der Waals surface area contributed by atoms with Crippen molar-refractivity contribution >= 4 is 11.7 Å². The lowest BCUT2D eigenvalue weighted by atomic mass is 9.92. The van der Waals surface area contributed by atoms with Crippen molar-refractivity contribution < 1.29 is 4.79 Å². The average molecular weight is 380 g/mol. The number of hydrogen-bond acceptors (Lipinski definition) is 3. The second kappa shape index (κ2) is 6.93. The maximum atomic E-state index is 12.9. The zero-order valence-corrected chi connectivity index (χ0v) is 17.7. The minimum atomic E-state index is -0.259. The highest BCUT2D eigenvalue weighted by Crippen LogP contribution is 2.28. The van der Waals surface area contributed by atoms with Gasteiger partial charge in [-0.1, -0.05) is 39.0 Å². The molecule has 2 heterocycles. The number of benzene rings is 1. The van der Waals surface area contributed by atoms with E-state index in [2.05, 4.69) is 52.0 Å². The number of aromatic nitrogens is 4. The van der Waals surface area contributed by atoms with Gasteiger partial charge in [-0.05, 0) is 45.9 Å². The first-order valence-electron chi connectivity index (χ1n) is 9.51. The van der Waals surface area contributed by atoms with E-state index in [1.807, 2.05) is 48.0 Å². The van der Waals surface area contributed by atoms with Crippen LogP contribution in [0.4, 0.5) is 5.82 Å². The quantitative estimate of drug-likeness (QED) is 0.718. The SMILES string of the molecule is Cc1cc(C(=O)Nc2cc(C(C)(C)C)nn2C(C)(C)C)nn1-c1ccccc1. The van der Waals surface area contributed by atoms with E-state index < -0.39 is 0 Å². The molecular formula is C22H29N5O. The fourth-order valence-corrected chi connectivity index (χ4v) is 2.94. The van der Waals surface area contributed by atoms with E-state index in [0.717, 1.165) is 17.1 Å². The molecule has 148 valence electrons. The summed E-state index contributed by atoms with van der Waals surface area (Å²) in [5, 5.41) is 12.2. The van der Waals surface area contributed by atoms with E-state index in [1.54, 1.807) is 10.7 Å². The van der Waals surface area contributed by atoms with Gasteiger partial charge in [0.25, 0.3) is 5.91 Å². The zero-order valence-electron chi connectivity index (χ0n) is 17.7. The third-order valence-electron chi connectivity index (χ3n) is 4.48. The molecular weight excluding hydrogens is 350 g/mol. The number of anilines is 1. The third-order valence-corrected chi connectivity index (χ3v) is 4.48. The van der Waals surface area contributed by atoms with Crippen molar-refractivity contribution in [1.82, 2.24) is 19.6 Å². The Bertz CT molecular complexity index is 984. The molecule has 1 aromatic carbocycles. The van der Waals surface area contributed by atoms with Gasteiger partial charge >= 0.3 is 0 Å². The Balaban J connectivity index is 1.93. The molecule has 0 bridgehead atoms. The van der Waals surface area contributed by atoms with Gasteiger partial charge in [0.05, 0.1) is 16.9 Å². The molecule has 6 heteroatoms. The molecule has 28 heavy (non-hydrogen) atoms. The number of carbonyl (C=O) groups excluding carboxylic acids is 1. The number of carbonyl (C=O) groups is 1. The molecule has 0 radical (unpaired) electrons. The van der Waals surface area contributed by atoms with E-state index in [0.29, 0.717) is 11.5 Å². The van der Waals surface area contributed by atoms with Gasteiger partial charge in [-0.3, -0.25) is 4.79 Å².